The number of fused-ring (bicyclic) bond motifs is 1. The SMILES string of the molecule is Cc1nn(C)c(N2CCOC3CCCC32)c1C#N. The summed E-state index contributed by atoms with van der Waals surface area (Å²) in [5.74, 6) is 0.968. The summed E-state index contributed by atoms with van der Waals surface area (Å²) in [6.45, 7) is 3.50. The normalized spacial score (nSPS) is 27.1. The lowest BCUT2D eigenvalue weighted by Crippen LogP contribution is -2.49. The lowest BCUT2D eigenvalue weighted by Gasteiger charge is -2.39. The average Bonchev–Trinajstić information content (AvgIpc) is 2.92. The molecule has 0 spiro atoms. The van der Waals surface area contributed by atoms with Gasteiger partial charge in [-0.05, 0) is 26.2 Å². The Kier molecular flexibility index (Phi) is 2.75. The zero-order valence-corrected chi connectivity index (χ0v) is 10.9. The van der Waals surface area contributed by atoms with Crippen molar-refractivity contribution in [1.82, 2.24) is 9.78 Å². The van der Waals surface area contributed by atoms with E-state index < -0.39 is 0 Å². The molecule has 0 bridgehead atoms. The van der Waals surface area contributed by atoms with Crippen molar-refractivity contribution in [2.24, 2.45) is 7.05 Å². The van der Waals surface area contributed by atoms with Gasteiger partial charge >= 0.3 is 0 Å². The molecule has 2 aliphatic rings. The van der Waals surface area contributed by atoms with E-state index >= 15 is 0 Å². The van der Waals surface area contributed by atoms with Gasteiger partial charge in [0.1, 0.15) is 17.5 Å². The number of hydrogen-bond donors (Lipinski definition) is 0. The quantitative estimate of drug-likeness (QED) is 0.750. The Morgan fingerprint density at radius 3 is 3.06 bits per heavy atom. The second-order valence-corrected chi connectivity index (χ2v) is 5.12. The van der Waals surface area contributed by atoms with Crippen LogP contribution in [-0.4, -0.2) is 35.1 Å². The largest absolute Gasteiger partial charge is 0.374 e. The van der Waals surface area contributed by atoms with Crippen LogP contribution < -0.4 is 4.90 Å². The molecule has 18 heavy (non-hydrogen) atoms. The Morgan fingerprint density at radius 1 is 1.44 bits per heavy atom. The van der Waals surface area contributed by atoms with Crippen molar-refractivity contribution in [2.75, 3.05) is 18.1 Å². The minimum atomic E-state index is 0.334. The molecule has 0 amide bonds. The average molecular weight is 246 g/mol. The molecule has 5 heteroatoms. The van der Waals surface area contributed by atoms with Gasteiger partial charge in [0.05, 0.1) is 24.4 Å². The lowest BCUT2D eigenvalue weighted by atomic mass is 10.1. The van der Waals surface area contributed by atoms with Gasteiger partial charge in [-0.1, -0.05) is 0 Å². The van der Waals surface area contributed by atoms with Crippen molar-refractivity contribution >= 4 is 5.82 Å². The highest BCUT2D eigenvalue weighted by molar-refractivity contribution is 5.58. The molecule has 5 nitrogen and oxygen atoms in total. The zero-order chi connectivity index (χ0) is 12.7. The molecule has 1 saturated carbocycles. The standard InChI is InChI=1S/C13H18N4O/c1-9-10(8-14)13(16(2)15-9)17-6-7-18-12-5-3-4-11(12)17/h11-12H,3-7H2,1-2H3. The summed E-state index contributed by atoms with van der Waals surface area (Å²) in [4.78, 5) is 2.33. The number of anilines is 1. The summed E-state index contributed by atoms with van der Waals surface area (Å²) >= 11 is 0. The van der Waals surface area contributed by atoms with Crippen molar-refractivity contribution in [2.45, 2.75) is 38.3 Å². The topological polar surface area (TPSA) is 54.1 Å². The predicted octanol–water partition coefficient (Wildman–Crippen LogP) is 1.36. The van der Waals surface area contributed by atoms with E-state index in [2.05, 4.69) is 16.1 Å². The number of ether oxygens (including phenoxy) is 1. The van der Waals surface area contributed by atoms with Gasteiger partial charge in [0.25, 0.3) is 0 Å². The number of aryl methyl sites for hydroxylation is 2. The van der Waals surface area contributed by atoms with Gasteiger partial charge in [-0.15, -0.1) is 0 Å². The van der Waals surface area contributed by atoms with E-state index in [1.165, 1.54) is 6.42 Å². The molecule has 1 aliphatic heterocycles. The van der Waals surface area contributed by atoms with Crippen molar-refractivity contribution in [3.8, 4) is 6.07 Å². The van der Waals surface area contributed by atoms with Gasteiger partial charge in [-0.3, -0.25) is 4.68 Å². The smallest absolute Gasteiger partial charge is 0.145 e. The van der Waals surface area contributed by atoms with Crippen LogP contribution in [0.15, 0.2) is 0 Å². The van der Waals surface area contributed by atoms with Gasteiger partial charge in [-0.25, -0.2) is 0 Å². The van der Waals surface area contributed by atoms with Gasteiger partial charge in [0.15, 0.2) is 0 Å². The minimum absolute atomic E-state index is 0.334. The Labute approximate surface area is 107 Å². The van der Waals surface area contributed by atoms with Crippen LogP contribution in [0.4, 0.5) is 5.82 Å². The van der Waals surface area contributed by atoms with E-state index in [1.54, 1.807) is 0 Å². The second-order valence-electron chi connectivity index (χ2n) is 5.12. The second kappa shape index (κ2) is 4.29. The molecule has 1 saturated heterocycles. The third kappa shape index (κ3) is 1.60. The van der Waals surface area contributed by atoms with Crippen LogP contribution in [0.5, 0.6) is 0 Å². The zero-order valence-electron chi connectivity index (χ0n) is 10.9. The van der Waals surface area contributed by atoms with Crippen molar-refractivity contribution in [3.05, 3.63) is 11.3 Å². The number of hydrogen-bond acceptors (Lipinski definition) is 4. The highest BCUT2D eigenvalue weighted by atomic mass is 16.5. The number of nitrogens with zero attached hydrogens (tertiary/aromatic N) is 4. The van der Waals surface area contributed by atoms with Crippen LogP contribution in [0, 0.1) is 18.3 Å². The van der Waals surface area contributed by atoms with Crippen LogP contribution in [0.1, 0.15) is 30.5 Å². The van der Waals surface area contributed by atoms with Crippen LogP contribution in [0.3, 0.4) is 0 Å². The number of nitriles is 1. The van der Waals surface area contributed by atoms with Crippen molar-refractivity contribution in [1.29, 1.82) is 5.26 Å². The summed E-state index contributed by atoms with van der Waals surface area (Å²) < 4.78 is 7.66. The van der Waals surface area contributed by atoms with E-state index in [4.69, 9.17) is 4.74 Å². The summed E-state index contributed by atoms with van der Waals surface area (Å²) in [6.07, 6.45) is 3.84. The molecule has 0 aromatic carbocycles. The third-order valence-corrected chi connectivity index (χ3v) is 4.06. The Balaban J connectivity index is 2.01. The molecular formula is C13H18N4O. The van der Waals surface area contributed by atoms with Crippen LogP contribution in [0.25, 0.3) is 0 Å². The highest BCUT2D eigenvalue weighted by Gasteiger charge is 2.38. The first-order valence-electron chi connectivity index (χ1n) is 6.54. The Bertz CT molecular complexity index is 502. The molecule has 0 radical (unpaired) electrons. The monoisotopic (exact) mass is 246 g/mol. The summed E-state index contributed by atoms with van der Waals surface area (Å²) in [5.41, 5.74) is 1.53. The first-order valence-corrected chi connectivity index (χ1v) is 6.54. The van der Waals surface area contributed by atoms with Crippen molar-refractivity contribution in [3.63, 3.8) is 0 Å². The molecule has 2 atom stereocenters. The van der Waals surface area contributed by atoms with E-state index in [1.807, 2.05) is 18.7 Å². The fourth-order valence-corrected chi connectivity index (χ4v) is 3.29. The molecule has 96 valence electrons. The van der Waals surface area contributed by atoms with E-state index in [9.17, 15) is 5.26 Å². The third-order valence-electron chi connectivity index (χ3n) is 4.06. The maximum Gasteiger partial charge on any atom is 0.145 e. The fraction of sp³-hybridized carbons (Fsp3) is 0.692. The molecule has 2 unspecified atom stereocenters. The lowest BCUT2D eigenvalue weighted by molar-refractivity contribution is 0.0250. The van der Waals surface area contributed by atoms with Crippen LogP contribution in [0.2, 0.25) is 0 Å². The minimum Gasteiger partial charge on any atom is -0.374 e. The summed E-state index contributed by atoms with van der Waals surface area (Å²) in [6, 6.07) is 2.71. The maximum atomic E-state index is 9.32. The predicted molar refractivity (Wildman–Crippen MR) is 67.4 cm³/mol. The highest BCUT2D eigenvalue weighted by Crippen LogP contribution is 2.34. The first kappa shape index (κ1) is 11.5. The van der Waals surface area contributed by atoms with Gasteiger partial charge in [0.2, 0.25) is 0 Å². The molecule has 1 aromatic rings. The summed E-state index contributed by atoms with van der Waals surface area (Å²) in [7, 11) is 1.92. The van der Waals surface area contributed by atoms with Crippen LogP contribution >= 0.6 is 0 Å². The molecule has 2 heterocycles. The van der Waals surface area contributed by atoms with Crippen LogP contribution in [-0.2, 0) is 11.8 Å². The number of rotatable bonds is 1. The molecule has 0 N–H and O–H groups in total. The van der Waals surface area contributed by atoms with E-state index in [-0.39, 0.29) is 0 Å². The van der Waals surface area contributed by atoms with E-state index in [0.717, 1.165) is 37.5 Å². The molecule has 1 aromatic heterocycles. The molecular weight excluding hydrogens is 228 g/mol. The first-order chi connectivity index (χ1) is 8.72. The molecule has 1 aliphatic carbocycles. The molecule has 2 fully saturated rings. The Morgan fingerprint density at radius 2 is 2.28 bits per heavy atom. The maximum absolute atomic E-state index is 9.32. The van der Waals surface area contributed by atoms with Crippen molar-refractivity contribution < 1.29 is 4.74 Å². The van der Waals surface area contributed by atoms with Gasteiger partial charge in [0, 0.05) is 13.6 Å². The van der Waals surface area contributed by atoms with Gasteiger partial charge < -0.3 is 9.64 Å². The van der Waals surface area contributed by atoms with Gasteiger partial charge in [-0.2, -0.15) is 10.4 Å². The fourth-order valence-electron chi connectivity index (χ4n) is 3.29. The molecule has 3 rings (SSSR count). The summed E-state index contributed by atoms with van der Waals surface area (Å²) in [5, 5.41) is 13.7. The Hall–Kier alpha value is -1.54. The van der Waals surface area contributed by atoms with E-state index in [0.29, 0.717) is 17.7 Å². The number of aromatic nitrogens is 2. The number of morpholine rings is 1.